The number of urea groups is 1. The van der Waals surface area contributed by atoms with Crippen molar-refractivity contribution in [2.24, 2.45) is 0 Å². The van der Waals surface area contributed by atoms with Crippen LogP contribution in [0.2, 0.25) is 0 Å². The molecule has 8 heteroatoms. The van der Waals surface area contributed by atoms with Crippen LogP contribution < -0.4 is 0 Å². The van der Waals surface area contributed by atoms with Crippen LogP contribution in [0.5, 0.6) is 0 Å². The van der Waals surface area contributed by atoms with E-state index < -0.39 is 0 Å². The minimum Gasteiger partial charge on any atom is -0.340 e. The van der Waals surface area contributed by atoms with Crippen LogP contribution in [0, 0.1) is 12.7 Å². The first kappa shape index (κ1) is 18.7. The molecule has 1 unspecified atom stereocenters. The van der Waals surface area contributed by atoms with Gasteiger partial charge in [-0.15, -0.1) is 0 Å². The summed E-state index contributed by atoms with van der Waals surface area (Å²) in [6.07, 6.45) is 3.55. The monoisotopic (exact) mass is 399 g/mol. The van der Waals surface area contributed by atoms with Gasteiger partial charge in [-0.05, 0) is 37.0 Å². The molecule has 3 heterocycles. The Balaban J connectivity index is 1.44. The highest BCUT2D eigenvalue weighted by Gasteiger charge is 2.39. The predicted molar refractivity (Wildman–Crippen MR) is 106 cm³/mol. The first-order valence-electron chi connectivity index (χ1n) is 9.17. The van der Waals surface area contributed by atoms with Gasteiger partial charge in [-0.2, -0.15) is 0 Å². The summed E-state index contributed by atoms with van der Waals surface area (Å²) < 4.78 is 13.1. The Kier molecular flexibility index (Phi) is 5.21. The lowest BCUT2D eigenvalue weighted by Gasteiger charge is -2.33. The number of carbonyl (C=O) groups is 1. The van der Waals surface area contributed by atoms with E-state index in [1.54, 1.807) is 36.3 Å². The molecule has 0 saturated carbocycles. The number of aryl methyl sites for hydroxylation is 1. The minimum atomic E-state index is -0.267. The molecule has 1 aromatic heterocycles. The Hall–Kier alpha value is -2.61. The maximum atomic E-state index is 13.1. The van der Waals surface area contributed by atoms with Gasteiger partial charge in [0.15, 0.2) is 5.50 Å². The summed E-state index contributed by atoms with van der Waals surface area (Å²) in [6.45, 7) is 6.37. The van der Waals surface area contributed by atoms with Crippen molar-refractivity contribution < 1.29 is 9.18 Å². The topological polar surface area (TPSA) is 52.6 Å². The highest BCUT2D eigenvalue weighted by atomic mass is 32.2. The molecule has 0 radical (unpaired) electrons. The standard InChI is InChI=1S/C20H22FN5OS/c1-14-9-23-18(10-22-14)12-26-15(2)13-28-20(26)25-8-7-24(19(25)27)11-16-3-5-17(21)6-4-16/h3-6,9-10,13,20H,7-8,11-12H2,1-2H3. The maximum absolute atomic E-state index is 13.1. The number of hydrogen-bond acceptors (Lipinski definition) is 5. The maximum Gasteiger partial charge on any atom is 0.322 e. The summed E-state index contributed by atoms with van der Waals surface area (Å²) >= 11 is 1.64. The summed E-state index contributed by atoms with van der Waals surface area (Å²) in [5.41, 5.74) is 3.71. The summed E-state index contributed by atoms with van der Waals surface area (Å²) in [7, 11) is 0. The molecule has 0 spiro atoms. The number of carbonyl (C=O) groups excluding carboxylic acids is 1. The Morgan fingerprint density at radius 3 is 2.61 bits per heavy atom. The van der Waals surface area contributed by atoms with Crippen LogP contribution in [0.1, 0.15) is 23.9 Å². The number of rotatable bonds is 5. The van der Waals surface area contributed by atoms with Crippen molar-refractivity contribution in [2.75, 3.05) is 13.1 Å². The van der Waals surface area contributed by atoms with Crippen LogP contribution in [-0.4, -0.2) is 49.3 Å². The van der Waals surface area contributed by atoms with E-state index in [1.807, 2.05) is 23.6 Å². The molecule has 0 N–H and O–H groups in total. The zero-order valence-corrected chi connectivity index (χ0v) is 16.7. The quantitative estimate of drug-likeness (QED) is 0.770. The molecule has 0 aliphatic carbocycles. The Morgan fingerprint density at radius 2 is 1.89 bits per heavy atom. The number of allylic oxidation sites excluding steroid dienone is 1. The number of aromatic nitrogens is 2. The summed E-state index contributed by atoms with van der Waals surface area (Å²) in [6, 6.07) is 6.31. The van der Waals surface area contributed by atoms with Gasteiger partial charge in [0.1, 0.15) is 5.82 Å². The number of halogens is 1. The van der Waals surface area contributed by atoms with Crippen LogP contribution in [-0.2, 0) is 13.1 Å². The van der Waals surface area contributed by atoms with Gasteiger partial charge in [-0.25, -0.2) is 9.18 Å². The zero-order chi connectivity index (χ0) is 19.7. The number of hydrogen-bond donors (Lipinski definition) is 0. The third-order valence-corrected chi connectivity index (χ3v) is 6.16. The van der Waals surface area contributed by atoms with E-state index in [4.69, 9.17) is 0 Å². The van der Waals surface area contributed by atoms with Crippen LogP contribution in [0.25, 0.3) is 0 Å². The van der Waals surface area contributed by atoms with E-state index in [-0.39, 0.29) is 17.3 Å². The molecule has 28 heavy (non-hydrogen) atoms. The van der Waals surface area contributed by atoms with Gasteiger partial charge in [-0.1, -0.05) is 23.9 Å². The minimum absolute atomic E-state index is 0.00455. The molecular formula is C20H22FN5OS. The lowest BCUT2D eigenvalue weighted by atomic mass is 10.2. The zero-order valence-electron chi connectivity index (χ0n) is 15.9. The lowest BCUT2D eigenvalue weighted by Crippen LogP contribution is -2.45. The molecule has 1 fully saturated rings. The molecule has 1 aromatic carbocycles. The first-order valence-corrected chi connectivity index (χ1v) is 10.1. The summed E-state index contributed by atoms with van der Waals surface area (Å²) in [4.78, 5) is 27.7. The third-order valence-electron chi connectivity index (χ3n) is 4.93. The highest BCUT2D eigenvalue weighted by molar-refractivity contribution is 8.02. The summed E-state index contributed by atoms with van der Waals surface area (Å²) in [5.74, 6) is -0.267. The van der Waals surface area contributed by atoms with Crippen molar-refractivity contribution in [3.8, 4) is 0 Å². The third kappa shape index (κ3) is 3.82. The molecule has 2 aliphatic heterocycles. The molecule has 146 valence electrons. The van der Waals surface area contributed by atoms with E-state index in [9.17, 15) is 9.18 Å². The van der Waals surface area contributed by atoms with Crippen molar-refractivity contribution in [2.45, 2.75) is 32.4 Å². The lowest BCUT2D eigenvalue weighted by molar-refractivity contribution is 0.148. The van der Waals surface area contributed by atoms with Crippen LogP contribution in [0.3, 0.4) is 0 Å². The van der Waals surface area contributed by atoms with E-state index in [0.29, 0.717) is 26.2 Å². The van der Waals surface area contributed by atoms with Crippen LogP contribution in [0.4, 0.5) is 9.18 Å². The van der Waals surface area contributed by atoms with Crippen LogP contribution >= 0.6 is 11.8 Å². The van der Waals surface area contributed by atoms with Crippen LogP contribution in [0.15, 0.2) is 47.8 Å². The van der Waals surface area contributed by atoms with Crippen molar-refractivity contribution in [1.82, 2.24) is 24.7 Å². The number of nitrogens with zero attached hydrogens (tertiary/aromatic N) is 5. The van der Waals surface area contributed by atoms with Crippen molar-refractivity contribution in [3.63, 3.8) is 0 Å². The van der Waals surface area contributed by atoms with E-state index in [0.717, 1.165) is 22.6 Å². The number of thioether (sulfide) groups is 1. The fraction of sp³-hybridized carbons (Fsp3) is 0.350. The molecule has 2 aromatic rings. The number of benzene rings is 1. The molecule has 2 aliphatic rings. The van der Waals surface area contributed by atoms with Gasteiger partial charge in [0, 0.05) is 31.5 Å². The molecule has 2 amide bonds. The molecule has 1 atom stereocenters. The van der Waals surface area contributed by atoms with Gasteiger partial charge in [0.2, 0.25) is 0 Å². The van der Waals surface area contributed by atoms with Gasteiger partial charge in [-0.3, -0.25) is 14.9 Å². The second-order valence-electron chi connectivity index (χ2n) is 7.02. The first-order chi connectivity index (χ1) is 13.5. The molecular weight excluding hydrogens is 377 g/mol. The van der Waals surface area contributed by atoms with Gasteiger partial charge in [0.05, 0.1) is 24.1 Å². The Bertz CT molecular complexity index is 886. The largest absolute Gasteiger partial charge is 0.340 e. The average molecular weight is 399 g/mol. The molecule has 0 bridgehead atoms. The van der Waals surface area contributed by atoms with Crippen molar-refractivity contribution >= 4 is 17.8 Å². The fourth-order valence-electron chi connectivity index (χ4n) is 3.36. The fourth-order valence-corrected chi connectivity index (χ4v) is 4.54. The SMILES string of the molecule is CC1=CSC(N2CCN(Cc3ccc(F)cc3)C2=O)N1Cc1cnc(C)cn1. The van der Waals surface area contributed by atoms with Gasteiger partial charge < -0.3 is 9.80 Å². The van der Waals surface area contributed by atoms with E-state index >= 15 is 0 Å². The molecule has 6 nitrogen and oxygen atoms in total. The van der Waals surface area contributed by atoms with Gasteiger partial charge >= 0.3 is 6.03 Å². The average Bonchev–Trinajstić information content (AvgIpc) is 3.22. The molecule has 4 rings (SSSR count). The second kappa shape index (κ2) is 7.79. The number of amides is 2. The van der Waals surface area contributed by atoms with Gasteiger partial charge in [0.25, 0.3) is 0 Å². The predicted octanol–water partition coefficient (Wildman–Crippen LogP) is 3.56. The molecule has 1 saturated heterocycles. The second-order valence-corrected chi connectivity index (χ2v) is 7.95. The van der Waals surface area contributed by atoms with E-state index in [1.165, 1.54) is 12.1 Å². The summed E-state index contributed by atoms with van der Waals surface area (Å²) in [5, 5.41) is 2.09. The highest BCUT2D eigenvalue weighted by Crippen LogP contribution is 2.36. The Labute approximate surface area is 168 Å². The van der Waals surface area contributed by atoms with Crippen molar-refractivity contribution in [3.05, 3.63) is 70.5 Å². The Morgan fingerprint density at radius 1 is 1.11 bits per heavy atom. The van der Waals surface area contributed by atoms with Crippen molar-refractivity contribution in [1.29, 1.82) is 0 Å². The van der Waals surface area contributed by atoms with E-state index in [2.05, 4.69) is 20.3 Å². The smallest absolute Gasteiger partial charge is 0.322 e. The normalized spacial score (nSPS) is 19.5.